The van der Waals surface area contributed by atoms with Crippen LogP contribution in [0.5, 0.6) is 0 Å². The first-order valence-electron chi connectivity index (χ1n) is 7.78. The number of fused-ring (bicyclic) bond motifs is 2. The Morgan fingerprint density at radius 2 is 2.29 bits per heavy atom. The van der Waals surface area contributed by atoms with Crippen LogP contribution in [0.1, 0.15) is 27.6 Å². The summed E-state index contributed by atoms with van der Waals surface area (Å²) >= 11 is 0. The second-order valence-electron chi connectivity index (χ2n) is 5.96. The van der Waals surface area contributed by atoms with Gasteiger partial charge in [-0.15, -0.1) is 0 Å². The third-order valence-corrected chi connectivity index (χ3v) is 4.24. The van der Waals surface area contributed by atoms with Crippen LogP contribution in [0.3, 0.4) is 0 Å². The molecule has 0 spiro atoms. The Morgan fingerprint density at radius 3 is 3.17 bits per heavy atom. The molecule has 0 saturated heterocycles. The number of nitrogens with zero attached hydrogens (tertiary/aromatic N) is 3. The number of carbonyl (C=O) groups excluding carboxylic acids is 1. The molecule has 1 aliphatic heterocycles. The molecule has 124 valence electrons. The Kier molecular flexibility index (Phi) is 3.53. The van der Waals surface area contributed by atoms with Crippen LogP contribution in [0.4, 0.5) is 4.39 Å². The lowest BCUT2D eigenvalue weighted by molar-refractivity contribution is 0.0775. The molecule has 3 N–H and O–H groups in total. The Hall–Kier alpha value is -2.74. The van der Waals surface area contributed by atoms with Crippen LogP contribution in [0.2, 0.25) is 0 Å². The predicted molar refractivity (Wildman–Crippen MR) is 85.8 cm³/mol. The first-order valence-corrected chi connectivity index (χ1v) is 7.78. The molecule has 0 fully saturated rings. The van der Waals surface area contributed by atoms with Crippen LogP contribution >= 0.6 is 0 Å². The van der Waals surface area contributed by atoms with E-state index >= 15 is 0 Å². The maximum absolute atomic E-state index is 13.3. The van der Waals surface area contributed by atoms with Crippen LogP contribution in [0.25, 0.3) is 11.0 Å². The van der Waals surface area contributed by atoms with Gasteiger partial charge in [-0.1, -0.05) is 0 Å². The number of rotatable bonds is 3. The summed E-state index contributed by atoms with van der Waals surface area (Å²) < 4.78 is 13.3. The second kappa shape index (κ2) is 5.72. The van der Waals surface area contributed by atoms with Crippen molar-refractivity contribution >= 4 is 16.9 Å². The highest BCUT2D eigenvalue weighted by atomic mass is 19.1. The number of imidazole rings is 1. The van der Waals surface area contributed by atoms with E-state index in [0.717, 1.165) is 24.2 Å². The van der Waals surface area contributed by atoms with Crippen LogP contribution in [0, 0.1) is 5.82 Å². The lowest BCUT2D eigenvalue weighted by Crippen LogP contribution is -2.29. The van der Waals surface area contributed by atoms with Gasteiger partial charge < -0.3 is 15.2 Å². The topological polar surface area (TPSA) is 89.7 Å². The fourth-order valence-electron chi connectivity index (χ4n) is 3.01. The van der Waals surface area contributed by atoms with Crippen molar-refractivity contribution in [3.05, 3.63) is 46.8 Å². The number of hydrogen-bond acceptors (Lipinski definition) is 4. The van der Waals surface area contributed by atoms with Gasteiger partial charge in [0.15, 0.2) is 5.69 Å². The van der Waals surface area contributed by atoms with Gasteiger partial charge in [0.25, 0.3) is 5.91 Å². The maximum Gasteiger partial charge on any atom is 0.274 e. The molecule has 0 aliphatic carbocycles. The molecule has 1 aliphatic rings. The van der Waals surface area contributed by atoms with Crippen LogP contribution in [-0.4, -0.2) is 44.6 Å². The van der Waals surface area contributed by atoms with Crippen molar-refractivity contribution in [3.8, 4) is 0 Å². The monoisotopic (exact) mass is 328 g/mol. The summed E-state index contributed by atoms with van der Waals surface area (Å²) in [6.07, 6.45) is 0.782. The minimum atomic E-state index is -0.320. The number of aromatic amines is 2. The summed E-state index contributed by atoms with van der Waals surface area (Å²) in [5.41, 5.74) is 3.72. The molecule has 1 amide bonds. The highest BCUT2D eigenvalue weighted by molar-refractivity contribution is 5.93. The molecule has 3 aromatic rings. The summed E-state index contributed by atoms with van der Waals surface area (Å²) in [5, 5.41) is 10.3. The molecule has 3 heterocycles. The second-order valence-corrected chi connectivity index (χ2v) is 5.96. The average Bonchev–Trinajstić information content (AvgIpc) is 3.17. The zero-order chi connectivity index (χ0) is 16.7. The molecule has 24 heavy (non-hydrogen) atoms. The molecule has 0 saturated carbocycles. The maximum atomic E-state index is 13.3. The fraction of sp³-hybridized carbons (Fsp3) is 0.312. The molecule has 0 atom stereocenters. The summed E-state index contributed by atoms with van der Waals surface area (Å²) in [6.45, 7) is 1.84. The van der Waals surface area contributed by atoms with E-state index in [9.17, 15) is 9.18 Å². The van der Waals surface area contributed by atoms with Crippen LogP contribution < -0.4 is 5.32 Å². The van der Waals surface area contributed by atoms with Crippen LogP contribution in [0.15, 0.2) is 18.2 Å². The molecule has 2 aromatic heterocycles. The highest BCUT2D eigenvalue weighted by Crippen LogP contribution is 2.18. The number of halogens is 1. The minimum absolute atomic E-state index is 0.152. The van der Waals surface area contributed by atoms with E-state index in [-0.39, 0.29) is 11.7 Å². The van der Waals surface area contributed by atoms with Gasteiger partial charge in [-0.25, -0.2) is 9.37 Å². The fourth-order valence-corrected chi connectivity index (χ4v) is 3.01. The Morgan fingerprint density at radius 1 is 1.42 bits per heavy atom. The van der Waals surface area contributed by atoms with Gasteiger partial charge in [0, 0.05) is 19.2 Å². The van der Waals surface area contributed by atoms with Gasteiger partial charge in [0.05, 0.1) is 23.3 Å². The minimum Gasteiger partial charge on any atom is -0.340 e. The normalized spacial score (nSPS) is 13.9. The standard InChI is InChI=1S/C16H17FN6O/c1-23(8-14-19-11-3-2-9(17)6-12(11)20-14)16(24)15-10-4-5-18-7-13(10)21-22-15/h2-3,6,18H,4-5,7-8H2,1H3,(H,19,20)(H,21,22). The van der Waals surface area contributed by atoms with Crippen molar-refractivity contribution < 1.29 is 9.18 Å². The van der Waals surface area contributed by atoms with Gasteiger partial charge in [-0.3, -0.25) is 9.89 Å². The number of aromatic nitrogens is 4. The molecular formula is C16H17FN6O. The SMILES string of the molecule is CN(Cc1nc2ccc(F)cc2[nH]1)C(=O)c1n[nH]c2c1CCNC2. The quantitative estimate of drug-likeness (QED) is 0.677. The zero-order valence-electron chi connectivity index (χ0n) is 13.2. The van der Waals surface area contributed by atoms with E-state index in [0.29, 0.717) is 35.6 Å². The first-order chi connectivity index (χ1) is 11.6. The van der Waals surface area contributed by atoms with E-state index in [2.05, 4.69) is 25.5 Å². The summed E-state index contributed by atoms with van der Waals surface area (Å²) in [6, 6.07) is 4.38. The van der Waals surface area contributed by atoms with Crippen molar-refractivity contribution in [1.29, 1.82) is 0 Å². The van der Waals surface area contributed by atoms with Crippen molar-refractivity contribution in [2.75, 3.05) is 13.6 Å². The lowest BCUT2D eigenvalue weighted by atomic mass is 10.1. The number of carbonyl (C=O) groups is 1. The molecule has 0 radical (unpaired) electrons. The summed E-state index contributed by atoms with van der Waals surface area (Å²) in [5.74, 6) is 0.137. The Labute approximate surface area is 137 Å². The third kappa shape index (κ3) is 2.54. The lowest BCUT2D eigenvalue weighted by Gasteiger charge is -2.17. The van der Waals surface area contributed by atoms with Gasteiger partial charge in [-0.05, 0) is 31.2 Å². The first kappa shape index (κ1) is 14.8. The van der Waals surface area contributed by atoms with E-state index in [1.54, 1.807) is 18.0 Å². The molecule has 4 rings (SSSR count). The van der Waals surface area contributed by atoms with Crippen molar-refractivity contribution in [3.63, 3.8) is 0 Å². The highest BCUT2D eigenvalue weighted by Gasteiger charge is 2.24. The Balaban J connectivity index is 1.55. The Bertz CT molecular complexity index is 915. The molecule has 1 aromatic carbocycles. The zero-order valence-corrected chi connectivity index (χ0v) is 13.2. The van der Waals surface area contributed by atoms with Gasteiger partial charge in [-0.2, -0.15) is 5.10 Å². The van der Waals surface area contributed by atoms with Crippen molar-refractivity contribution in [2.24, 2.45) is 0 Å². The van der Waals surface area contributed by atoms with Gasteiger partial charge in [0.2, 0.25) is 0 Å². The molecule has 8 heteroatoms. The molecular weight excluding hydrogens is 311 g/mol. The summed E-state index contributed by atoms with van der Waals surface area (Å²) in [7, 11) is 1.71. The molecule has 0 bridgehead atoms. The van der Waals surface area contributed by atoms with E-state index < -0.39 is 0 Å². The largest absolute Gasteiger partial charge is 0.340 e. The average molecular weight is 328 g/mol. The van der Waals surface area contributed by atoms with E-state index in [1.807, 2.05) is 0 Å². The molecule has 7 nitrogen and oxygen atoms in total. The molecule has 0 unspecified atom stereocenters. The number of nitrogens with one attached hydrogen (secondary N) is 3. The smallest absolute Gasteiger partial charge is 0.274 e. The number of amides is 1. The summed E-state index contributed by atoms with van der Waals surface area (Å²) in [4.78, 5) is 21.7. The number of hydrogen-bond donors (Lipinski definition) is 3. The van der Waals surface area contributed by atoms with Gasteiger partial charge >= 0.3 is 0 Å². The van der Waals surface area contributed by atoms with E-state index in [1.165, 1.54) is 12.1 Å². The number of benzene rings is 1. The number of H-pyrrole nitrogens is 2. The van der Waals surface area contributed by atoms with Crippen molar-refractivity contribution in [2.45, 2.75) is 19.5 Å². The van der Waals surface area contributed by atoms with Crippen molar-refractivity contribution in [1.82, 2.24) is 30.4 Å². The van der Waals surface area contributed by atoms with Crippen LogP contribution in [-0.2, 0) is 19.5 Å². The third-order valence-electron chi connectivity index (χ3n) is 4.24. The van der Waals surface area contributed by atoms with Gasteiger partial charge in [0.1, 0.15) is 11.6 Å². The predicted octanol–water partition coefficient (Wildman–Crippen LogP) is 1.34. The van der Waals surface area contributed by atoms with E-state index in [4.69, 9.17) is 0 Å².